The molecule has 0 spiro atoms. The highest BCUT2D eigenvalue weighted by molar-refractivity contribution is 7.18. The summed E-state index contributed by atoms with van der Waals surface area (Å²) in [5.74, 6) is 2.75. The quantitative estimate of drug-likeness (QED) is 0.943. The van der Waals surface area contributed by atoms with Gasteiger partial charge in [0.15, 0.2) is 0 Å². The summed E-state index contributed by atoms with van der Waals surface area (Å²) in [4.78, 5) is 14.3. The summed E-state index contributed by atoms with van der Waals surface area (Å²) in [7, 11) is 2.03. The van der Waals surface area contributed by atoms with Crippen LogP contribution in [0.25, 0.3) is 10.2 Å². The third-order valence-electron chi connectivity index (χ3n) is 4.20. The Morgan fingerprint density at radius 2 is 2.10 bits per heavy atom. The number of thiophene rings is 1. The molecular weight excluding hydrogens is 268 g/mol. The molecule has 108 valence electrons. The number of nitrogens with one attached hydrogen (secondary N) is 1. The fourth-order valence-corrected chi connectivity index (χ4v) is 4.11. The predicted octanol–water partition coefficient (Wildman–Crippen LogP) is 2.66. The molecule has 1 aliphatic heterocycles. The van der Waals surface area contributed by atoms with Crippen molar-refractivity contribution in [3.63, 3.8) is 0 Å². The highest BCUT2D eigenvalue weighted by Crippen LogP contribution is 2.36. The van der Waals surface area contributed by atoms with E-state index in [1.807, 2.05) is 14.0 Å². The fraction of sp³-hybridized carbons (Fsp3) is 0.600. The van der Waals surface area contributed by atoms with Crippen molar-refractivity contribution in [3.05, 3.63) is 16.3 Å². The van der Waals surface area contributed by atoms with Gasteiger partial charge in [-0.05, 0) is 52.3 Å². The molecule has 2 aromatic rings. The summed E-state index contributed by atoms with van der Waals surface area (Å²) in [6, 6.07) is 0. The Labute approximate surface area is 124 Å². The van der Waals surface area contributed by atoms with E-state index in [4.69, 9.17) is 4.98 Å². The van der Waals surface area contributed by atoms with Gasteiger partial charge in [0.05, 0.1) is 5.39 Å². The van der Waals surface area contributed by atoms with Crippen LogP contribution >= 0.6 is 11.3 Å². The summed E-state index contributed by atoms with van der Waals surface area (Å²) in [5, 5.41) is 4.56. The number of rotatable bonds is 3. The van der Waals surface area contributed by atoms with Gasteiger partial charge in [0.25, 0.3) is 0 Å². The van der Waals surface area contributed by atoms with Crippen LogP contribution in [0.2, 0.25) is 0 Å². The number of fused-ring (bicyclic) bond motifs is 1. The smallest absolute Gasteiger partial charge is 0.141 e. The Morgan fingerprint density at radius 1 is 1.30 bits per heavy atom. The molecule has 0 aliphatic carbocycles. The highest BCUT2D eigenvalue weighted by Gasteiger charge is 2.26. The van der Waals surface area contributed by atoms with Gasteiger partial charge in [0.1, 0.15) is 16.5 Å². The zero-order chi connectivity index (χ0) is 14.3. The lowest BCUT2D eigenvalue weighted by Crippen LogP contribution is -2.25. The van der Waals surface area contributed by atoms with Crippen LogP contribution in [0.15, 0.2) is 0 Å². The van der Waals surface area contributed by atoms with Gasteiger partial charge >= 0.3 is 0 Å². The first-order valence-corrected chi connectivity index (χ1v) is 8.05. The van der Waals surface area contributed by atoms with Crippen LogP contribution in [0.4, 0.5) is 5.82 Å². The molecule has 1 unspecified atom stereocenters. The average Bonchev–Trinajstić information content (AvgIpc) is 2.96. The van der Waals surface area contributed by atoms with E-state index in [1.165, 1.54) is 22.2 Å². The van der Waals surface area contributed by atoms with Crippen LogP contribution < -0.4 is 10.2 Å². The number of anilines is 1. The number of hydrogen-bond donors (Lipinski definition) is 1. The zero-order valence-corrected chi connectivity index (χ0v) is 13.5. The van der Waals surface area contributed by atoms with E-state index in [-0.39, 0.29) is 0 Å². The largest absolute Gasteiger partial charge is 0.356 e. The lowest BCUT2D eigenvalue weighted by atomic mass is 10.1. The maximum atomic E-state index is 4.75. The van der Waals surface area contributed by atoms with Gasteiger partial charge < -0.3 is 10.2 Å². The van der Waals surface area contributed by atoms with Gasteiger partial charge in [-0.3, -0.25) is 0 Å². The van der Waals surface area contributed by atoms with E-state index < -0.39 is 0 Å². The second-order valence-electron chi connectivity index (χ2n) is 5.72. The highest BCUT2D eigenvalue weighted by atomic mass is 32.1. The van der Waals surface area contributed by atoms with Crippen molar-refractivity contribution >= 4 is 27.4 Å². The van der Waals surface area contributed by atoms with Gasteiger partial charge in [-0.1, -0.05) is 0 Å². The van der Waals surface area contributed by atoms with Crippen molar-refractivity contribution in [1.29, 1.82) is 0 Å². The Kier molecular flexibility index (Phi) is 3.65. The van der Waals surface area contributed by atoms with Crippen molar-refractivity contribution in [2.45, 2.75) is 27.2 Å². The van der Waals surface area contributed by atoms with Gasteiger partial charge in [0, 0.05) is 18.0 Å². The normalized spacial score (nSPS) is 19.2. The van der Waals surface area contributed by atoms with Crippen molar-refractivity contribution in [3.8, 4) is 0 Å². The van der Waals surface area contributed by atoms with E-state index in [9.17, 15) is 0 Å². The summed E-state index contributed by atoms with van der Waals surface area (Å²) >= 11 is 1.79. The number of aromatic nitrogens is 2. The van der Waals surface area contributed by atoms with Crippen LogP contribution in [0, 0.1) is 26.7 Å². The van der Waals surface area contributed by atoms with Gasteiger partial charge in [0.2, 0.25) is 0 Å². The van der Waals surface area contributed by atoms with Crippen LogP contribution in [-0.2, 0) is 0 Å². The molecule has 1 N–H and O–H groups in total. The van der Waals surface area contributed by atoms with Crippen molar-refractivity contribution < 1.29 is 0 Å². The molecule has 20 heavy (non-hydrogen) atoms. The minimum Gasteiger partial charge on any atom is -0.356 e. The molecule has 1 atom stereocenters. The first kappa shape index (κ1) is 13.8. The lowest BCUT2D eigenvalue weighted by Gasteiger charge is -2.19. The molecule has 5 heteroatoms. The van der Waals surface area contributed by atoms with E-state index >= 15 is 0 Å². The van der Waals surface area contributed by atoms with E-state index in [0.29, 0.717) is 0 Å². The fourth-order valence-electron chi connectivity index (χ4n) is 3.04. The molecule has 1 aliphatic rings. The molecule has 3 heterocycles. The summed E-state index contributed by atoms with van der Waals surface area (Å²) < 4.78 is 0. The molecule has 4 nitrogen and oxygen atoms in total. The Balaban J connectivity index is 2.03. The van der Waals surface area contributed by atoms with E-state index in [1.54, 1.807) is 11.3 Å². The second-order valence-corrected chi connectivity index (χ2v) is 6.92. The molecular formula is C15H22N4S. The van der Waals surface area contributed by atoms with E-state index in [0.717, 1.165) is 42.0 Å². The Hall–Kier alpha value is -1.20. The minimum absolute atomic E-state index is 0.727. The maximum absolute atomic E-state index is 4.75. The standard InChI is InChI=1S/C15H22N4S/c1-9-10(2)20-15-13(9)14(17-11(3)18-15)19-6-5-12(8-19)7-16-4/h12,16H,5-8H2,1-4H3. The summed E-state index contributed by atoms with van der Waals surface area (Å²) in [5.41, 5.74) is 1.34. The van der Waals surface area contributed by atoms with E-state index in [2.05, 4.69) is 29.0 Å². The monoisotopic (exact) mass is 290 g/mol. The predicted molar refractivity (Wildman–Crippen MR) is 85.9 cm³/mol. The van der Waals surface area contributed by atoms with Gasteiger partial charge in [-0.15, -0.1) is 11.3 Å². The number of aryl methyl sites for hydroxylation is 3. The van der Waals surface area contributed by atoms with Crippen molar-refractivity contribution in [2.75, 3.05) is 31.6 Å². The SMILES string of the molecule is CNCC1CCN(c2nc(C)nc3sc(C)c(C)c23)C1. The molecule has 3 rings (SSSR count). The first-order valence-electron chi connectivity index (χ1n) is 7.24. The van der Waals surface area contributed by atoms with Crippen LogP contribution in [0.5, 0.6) is 0 Å². The number of hydrogen-bond acceptors (Lipinski definition) is 5. The molecule has 0 saturated carbocycles. The summed E-state index contributed by atoms with van der Waals surface area (Å²) in [6.07, 6.45) is 1.24. The first-order chi connectivity index (χ1) is 9.60. The Morgan fingerprint density at radius 3 is 2.85 bits per heavy atom. The molecule has 1 saturated heterocycles. The lowest BCUT2D eigenvalue weighted by molar-refractivity contribution is 0.549. The van der Waals surface area contributed by atoms with Crippen LogP contribution in [0.3, 0.4) is 0 Å². The molecule has 2 aromatic heterocycles. The van der Waals surface area contributed by atoms with Gasteiger partial charge in [-0.25, -0.2) is 9.97 Å². The van der Waals surface area contributed by atoms with Crippen molar-refractivity contribution in [2.24, 2.45) is 5.92 Å². The third-order valence-corrected chi connectivity index (χ3v) is 5.30. The third kappa shape index (κ3) is 2.29. The number of nitrogens with zero attached hydrogens (tertiary/aromatic N) is 3. The Bertz CT molecular complexity index is 634. The topological polar surface area (TPSA) is 41.0 Å². The zero-order valence-electron chi connectivity index (χ0n) is 12.7. The molecule has 0 amide bonds. The van der Waals surface area contributed by atoms with Crippen LogP contribution in [-0.4, -0.2) is 36.6 Å². The van der Waals surface area contributed by atoms with Gasteiger partial charge in [-0.2, -0.15) is 0 Å². The molecule has 0 radical (unpaired) electrons. The molecule has 1 fully saturated rings. The molecule has 0 aromatic carbocycles. The second kappa shape index (κ2) is 5.30. The minimum atomic E-state index is 0.727. The average molecular weight is 290 g/mol. The van der Waals surface area contributed by atoms with Crippen molar-refractivity contribution in [1.82, 2.24) is 15.3 Å². The summed E-state index contributed by atoms with van der Waals surface area (Å²) in [6.45, 7) is 9.65. The van der Waals surface area contributed by atoms with Crippen LogP contribution in [0.1, 0.15) is 22.7 Å². The maximum Gasteiger partial charge on any atom is 0.141 e. The molecule has 0 bridgehead atoms.